The van der Waals surface area contributed by atoms with Crippen molar-refractivity contribution >= 4 is 16.8 Å². The van der Waals surface area contributed by atoms with Crippen LogP contribution in [0.15, 0.2) is 42.6 Å². The predicted molar refractivity (Wildman–Crippen MR) is 115 cm³/mol. The van der Waals surface area contributed by atoms with Crippen molar-refractivity contribution < 1.29 is 14.3 Å². The number of aryl methyl sites for hydroxylation is 1. The number of aromatic nitrogens is 1. The van der Waals surface area contributed by atoms with Gasteiger partial charge in [0, 0.05) is 23.1 Å². The molecule has 0 bridgehead atoms. The van der Waals surface area contributed by atoms with Crippen LogP contribution in [0.4, 0.5) is 0 Å². The minimum atomic E-state index is 0.00996. The average Bonchev–Trinajstić information content (AvgIpc) is 3.28. The minimum Gasteiger partial charge on any atom is -0.493 e. The monoisotopic (exact) mass is 392 g/mol. The molecule has 1 aliphatic rings. The Kier molecular flexibility index (Phi) is 5.22. The van der Waals surface area contributed by atoms with Gasteiger partial charge in [-0.05, 0) is 61.6 Å². The number of amides is 1. The van der Waals surface area contributed by atoms with E-state index in [4.69, 9.17) is 9.47 Å². The lowest BCUT2D eigenvalue weighted by Gasteiger charge is -2.16. The highest BCUT2D eigenvalue weighted by Crippen LogP contribution is 2.39. The van der Waals surface area contributed by atoms with Crippen molar-refractivity contribution in [1.29, 1.82) is 0 Å². The fourth-order valence-electron chi connectivity index (χ4n) is 4.35. The van der Waals surface area contributed by atoms with Crippen LogP contribution >= 0.6 is 0 Å². The lowest BCUT2D eigenvalue weighted by atomic mass is 10.1. The topological polar surface area (TPSA) is 52.5 Å². The molecule has 5 heteroatoms. The van der Waals surface area contributed by atoms with E-state index in [1.54, 1.807) is 14.2 Å². The summed E-state index contributed by atoms with van der Waals surface area (Å²) in [6.07, 6.45) is 4.31. The summed E-state index contributed by atoms with van der Waals surface area (Å²) in [5, 5.41) is 4.38. The number of methoxy groups -OCH3 is 2. The van der Waals surface area contributed by atoms with Crippen molar-refractivity contribution in [3.05, 3.63) is 59.3 Å². The molecule has 0 saturated heterocycles. The Balaban J connectivity index is 1.55. The lowest BCUT2D eigenvalue weighted by molar-refractivity contribution is -0.121. The zero-order valence-corrected chi connectivity index (χ0v) is 17.5. The molecule has 0 saturated carbocycles. The van der Waals surface area contributed by atoms with E-state index >= 15 is 0 Å². The van der Waals surface area contributed by atoms with Crippen LogP contribution in [0, 0.1) is 0 Å². The normalized spacial score (nSPS) is 15.6. The summed E-state index contributed by atoms with van der Waals surface area (Å²) in [6, 6.07) is 12.7. The maximum absolute atomic E-state index is 12.9. The van der Waals surface area contributed by atoms with Gasteiger partial charge in [0.2, 0.25) is 5.91 Å². The zero-order chi connectivity index (χ0) is 20.5. The molecule has 1 aliphatic carbocycles. The number of benzene rings is 2. The van der Waals surface area contributed by atoms with Crippen LogP contribution in [0.5, 0.6) is 11.5 Å². The summed E-state index contributed by atoms with van der Waals surface area (Å²) in [6.45, 7) is 4.32. The number of para-hydroxylation sites is 1. The lowest BCUT2D eigenvalue weighted by Crippen LogP contribution is -2.28. The molecule has 29 heavy (non-hydrogen) atoms. The minimum absolute atomic E-state index is 0.00996. The molecule has 1 heterocycles. The van der Waals surface area contributed by atoms with Gasteiger partial charge in [-0.15, -0.1) is 0 Å². The number of hydrogen-bond acceptors (Lipinski definition) is 3. The average molecular weight is 392 g/mol. The maximum Gasteiger partial charge on any atom is 0.224 e. The summed E-state index contributed by atoms with van der Waals surface area (Å²) in [4.78, 5) is 12.9. The Morgan fingerprint density at radius 3 is 2.62 bits per heavy atom. The Hall–Kier alpha value is -2.95. The van der Waals surface area contributed by atoms with Gasteiger partial charge in [0.1, 0.15) is 0 Å². The first-order valence-corrected chi connectivity index (χ1v) is 10.1. The molecule has 4 rings (SSSR count). The van der Waals surface area contributed by atoms with E-state index in [0.717, 1.165) is 35.1 Å². The molecule has 152 valence electrons. The van der Waals surface area contributed by atoms with Crippen molar-refractivity contribution in [2.75, 3.05) is 14.2 Å². The van der Waals surface area contributed by atoms with Crippen molar-refractivity contribution in [3.8, 4) is 11.5 Å². The van der Waals surface area contributed by atoms with Gasteiger partial charge in [0.25, 0.3) is 0 Å². The van der Waals surface area contributed by atoms with Crippen LogP contribution in [-0.4, -0.2) is 24.7 Å². The highest BCUT2D eigenvalue weighted by molar-refractivity contribution is 5.89. The molecule has 1 amide bonds. The van der Waals surface area contributed by atoms with Crippen LogP contribution in [0.3, 0.4) is 0 Å². The quantitative estimate of drug-likeness (QED) is 0.668. The number of ether oxygens (including phenoxy) is 2. The van der Waals surface area contributed by atoms with Gasteiger partial charge in [0.05, 0.1) is 26.7 Å². The second kappa shape index (κ2) is 7.82. The fraction of sp³-hybridized carbons (Fsp3) is 0.375. The molecule has 5 nitrogen and oxygen atoms in total. The number of nitrogens with one attached hydrogen (secondary N) is 1. The molecule has 0 aliphatic heterocycles. The van der Waals surface area contributed by atoms with Crippen LogP contribution < -0.4 is 14.8 Å². The van der Waals surface area contributed by atoms with Crippen LogP contribution in [0.2, 0.25) is 0 Å². The van der Waals surface area contributed by atoms with Gasteiger partial charge >= 0.3 is 0 Å². The van der Waals surface area contributed by atoms with Crippen molar-refractivity contribution in [3.63, 3.8) is 0 Å². The molecule has 0 spiro atoms. The number of carbonyl (C=O) groups excluding carboxylic acids is 1. The molecule has 0 unspecified atom stereocenters. The van der Waals surface area contributed by atoms with Crippen LogP contribution in [0.1, 0.15) is 49.0 Å². The number of fused-ring (bicyclic) bond motifs is 2. The number of carbonyl (C=O) groups is 1. The first-order valence-electron chi connectivity index (χ1n) is 10.1. The Morgan fingerprint density at radius 1 is 1.17 bits per heavy atom. The molecule has 0 fully saturated rings. The van der Waals surface area contributed by atoms with E-state index in [9.17, 15) is 4.79 Å². The summed E-state index contributed by atoms with van der Waals surface area (Å²) in [5.41, 5.74) is 4.58. The Morgan fingerprint density at radius 2 is 1.90 bits per heavy atom. The van der Waals surface area contributed by atoms with Crippen LogP contribution in [-0.2, 0) is 17.6 Å². The highest BCUT2D eigenvalue weighted by atomic mass is 16.5. The van der Waals surface area contributed by atoms with Gasteiger partial charge < -0.3 is 19.4 Å². The summed E-state index contributed by atoms with van der Waals surface area (Å²) in [5.74, 6) is 1.48. The molecular formula is C24H28N2O3. The van der Waals surface area contributed by atoms with Gasteiger partial charge in [-0.3, -0.25) is 4.79 Å². The second-order valence-electron chi connectivity index (χ2n) is 7.91. The van der Waals surface area contributed by atoms with E-state index in [0.29, 0.717) is 18.2 Å². The van der Waals surface area contributed by atoms with E-state index < -0.39 is 0 Å². The van der Waals surface area contributed by atoms with Crippen molar-refractivity contribution in [2.24, 2.45) is 0 Å². The molecule has 1 aromatic heterocycles. The number of rotatable bonds is 6. The molecular weight excluding hydrogens is 364 g/mol. The number of hydrogen-bond donors (Lipinski definition) is 1. The standard InChI is InChI=1S/C24H28N2O3/c1-15(2)26-14-17(18-7-5-6-8-21(18)26)12-24(27)25-20-10-9-16-11-22(28-3)23(29-4)13-19(16)20/h5-8,11,13-15,20H,9-10,12H2,1-4H3,(H,25,27)/t20-/m0/s1. The Bertz CT molecular complexity index is 1050. The first-order chi connectivity index (χ1) is 14.0. The van der Waals surface area contributed by atoms with Crippen molar-refractivity contribution in [1.82, 2.24) is 9.88 Å². The second-order valence-corrected chi connectivity index (χ2v) is 7.91. The summed E-state index contributed by atoms with van der Waals surface area (Å²) in [7, 11) is 3.28. The van der Waals surface area contributed by atoms with Gasteiger partial charge in [0.15, 0.2) is 11.5 Å². The van der Waals surface area contributed by atoms with Crippen LogP contribution in [0.25, 0.3) is 10.9 Å². The van der Waals surface area contributed by atoms with E-state index in [-0.39, 0.29) is 11.9 Å². The third kappa shape index (κ3) is 3.57. The first kappa shape index (κ1) is 19.4. The predicted octanol–water partition coefficient (Wildman–Crippen LogP) is 4.59. The fourth-order valence-corrected chi connectivity index (χ4v) is 4.35. The third-order valence-electron chi connectivity index (χ3n) is 5.79. The molecule has 1 N–H and O–H groups in total. The smallest absolute Gasteiger partial charge is 0.224 e. The SMILES string of the molecule is COc1cc2c(cc1OC)[C@@H](NC(=O)Cc1cn(C(C)C)c3ccccc13)CC2. The van der Waals surface area contributed by atoms with Gasteiger partial charge in [-0.25, -0.2) is 0 Å². The third-order valence-corrected chi connectivity index (χ3v) is 5.79. The van der Waals surface area contributed by atoms with Crippen molar-refractivity contribution in [2.45, 2.75) is 45.2 Å². The highest BCUT2D eigenvalue weighted by Gasteiger charge is 2.26. The summed E-state index contributed by atoms with van der Waals surface area (Å²) < 4.78 is 13.1. The van der Waals surface area contributed by atoms with Gasteiger partial charge in [-0.2, -0.15) is 0 Å². The maximum atomic E-state index is 12.9. The Labute approximate surface area is 171 Å². The zero-order valence-electron chi connectivity index (χ0n) is 17.5. The molecule has 2 aromatic carbocycles. The van der Waals surface area contributed by atoms with E-state index in [1.165, 1.54) is 11.1 Å². The van der Waals surface area contributed by atoms with E-state index in [2.05, 4.69) is 42.1 Å². The molecule has 0 radical (unpaired) electrons. The van der Waals surface area contributed by atoms with Gasteiger partial charge in [-0.1, -0.05) is 18.2 Å². The summed E-state index contributed by atoms with van der Waals surface area (Å²) >= 11 is 0. The number of nitrogens with zero attached hydrogens (tertiary/aromatic N) is 1. The molecule has 1 atom stereocenters. The van der Waals surface area contributed by atoms with E-state index in [1.807, 2.05) is 24.3 Å². The molecule has 3 aromatic rings. The largest absolute Gasteiger partial charge is 0.493 e.